The second kappa shape index (κ2) is 56.8. The van der Waals surface area contributed by atoms with Gasteiger partial charge in [-0.3, -0.25) is 10.1 Å². The highest BCUT2D eigenvalue weighted by Gasteiger charge is 2.47. The van der Waals surface area contributed by atoms with Crippen LogP contribution in [0.15, 0.2) is 43.0 Å². The number of alkyl halides is 6. The van der Waals surface area contributed by atoms with Crippen molar-refractivity contribution in [2.24, 2.45) is 7.05 Å². The normalized spacial score (nSPS) is 12.2. The summed E-state index contributed by atoms with van der Waals surface area (Å²) in [4.78, 5) is 10.2. The van der Waals surface area contributed by atoms with E-state index >= 15 is 0 Å². The number of halogens is 6. The van der Waals surface area contributed by atoms with Gasteiger partial charge in [0.2, 0.25) is 6.33 Å². The molecule has 0 spiro atoms. The Balaban J connectivity index is 0.00000236. The molecule has 0 aliphatic rings. The van der Waals surface area contributed by atoms with Gasteiger partial charge in [-0.15, -0.1) is 0 Å². The molecule has 0 saturated carbocycles. The zero-order valence-electron chi connectivity index (χ0n) is 50.8. The molecule has 0 fully saturated rings. The van der Waals surface area contributed by atoms with Crippen LogP contribution in [0.3, 0.4) is 0 Å². The lowest BCUT2D eigenvalue weighted by Gasteiger charge is -2.22. The maximum atomic E-state index is 11.4. The molecule has 2 aromatic rings. The van der Waals surface area contributed by atoms with E-state index in [1.165, 1.54) is 12.1 Å². The molecule has 0 aliphatic carbocycles. The molecular weight excluding hydrogens is 1270 g/mol. The molecule has 0 radical (unpaired) electrons. The van der Waals surface area contributed by atoms with Gasteiger partial charge in [0.25, 0.3) is 5.69 Å². The zero-order chi connectivity index (χ0) is 66.0. The van der Waals surface area contributed by atoms with Crippen molar-refractivity contribution < 1.29 is 147 Å². The summed E-state index contributed by atoms with van der Waals surface area (Å²) in [5.74, 6) is 0.551. The highest BCUT2D eigenvalue weighted by Crippen LogP contribution is 2.36. The van der Waals surface area contributed by atoms with Crippen LogP contribution in [0.5, 0.6) is 5.75 Å². The number of nitro groups is 1. The van der Waals surface area contributed by atoms with Gasteiger partial charge >= 0.3 is 11.0 Å². The number of benzene rings is 1. The van der Waals surface area contributed by atoms with Crippen LogP contribution in [0.1, 0.15) is 0 Å². The summed E-state index contributed by atoms with van der Waals surface area (Å²) >= 11 is 0. The van der Waals surface area contributed by atoms with Gasteiger partial charge < -0.3 is 98.9 Å². The van der Waals surface area contributed by atoms with E-state index in [9.17, 15) is 53.3 Å². The molecule has 38 heteroatoms. The number of hydrogen-bond donors (Lipinski definition) is 0. The maximum absolute atomic E-state index is 11.4. The van der Waals surface area contributed by atoms with E-state index in [2.05, 4.69) is 4.57 Å². The zero-order valence-corrected chi connectivity index (χ0v) is 52.4. The highest BCUT2D eigenvalue weighted by atomic mass is 32.3. The van der Waals surface area contributed by atoms with E-state index in [-0.39, 0.29) is 5.69 Å². The van der Waals surface area contributed by atoms with Crippen molar-refractivity contribution in [2.45, 2.75) is 17.6 Å². The SMILES string of the molecule is C[n+]1ccn(CCOCCOCCOCCOCCOCCOCCOCCOCCOCCOCCOCCOCCOCCOCCOCCOCCOCCOCCOCCOc2ccc([N+](=O)[O-])cc2)c1.O=S(=O)([N-]S(=O)(=O)C(F)(F)F)C(F)(F)F. The summed E-state index contributed by atoms with van der Waals surface area (Å²) in [5.41, 5.74) is -12.4. The Kier molecular flexibility index (Phi) is 53.2. The molecule has 0 bridgehead atoms. The van der Waals surface area contributed by atoms with E-state index in [1.807, 2.05) is 30.3 Å². The fourth-order valence-electron chi connectivity index (χ4n) is 5.96. The fraction of sp³-hybridized carbons (Fsp3) is 0.827. The predicted molar refractivity (Wildman–Crippen MR) is 303 cm³/mol. The van der Waals surface area contributed by atoms with Crippen LogP contribution in [-0.4, -0.2) is 295 Å². The van der Waals surface area contributed by atoms with Gasteiger partial charge in [0.1, 0.15) is 31.3 Å². The van der Waals surface area contributed by atoms with Crippen molar-refractivity contribution in [1.82, 2.24) is 4.57 Å². The molecule has 0 amide bonds. The molecule has 1 heterocycles. The summed E-state index contributed by atoms with van der Waals surface area (Å²) in [7, 11) is -11.5. The van der Waals surface area contributed by atoms with Crippen LogP contribution in [-0.2, 0) is 124 Å². The number of aromatic nitrogens is 2. The molecule has 0 aliphatic heterocycles. The lowest BCUT2D eigenvalue weighted by molar-refractivity contribution is -0.671. The quantitative estimate of drug-likeness (QED) is 0.0302. The fourth-order valence-corrected chi connectivity index (χ4v) is 7.67. The predicted octanol–water partition coefficient (Wildman–Crippen LogP) is 2.67. The molecule has 0 unspecified atom stereocenters. The molecule has 1 aromatic carbocycles. The minimum Gasteiger partial charge on any atom is -0.491 e. The second-order valence-electron chi connectivity index (χ2n) is 17.5. The number of sulfonamides is 2. The van der Waals surface area contributed by atoms with Crippen molar-refractivity contribution in [3.8, 4) is 5.75 Å². The first-order valence-electron chi connectivity index (χ1n) is 28.6. The number of imidazole rings is 1. The summed E-state index contributed by atoms with van der Waals surface area (Å²) in [6, 6.07) is 5.90. The average molecular weight is 1370 g/mol. The van der Waals surface area contributed by atoms with Crippen LogP contribution in [0.25, 0.3) is 4.13 Å². The summed E-state index contributed by atoms with van der Waals surface area (Å²) in [6.07, 6.45) is 6.03. The van der Waals surface area contributed by atoms with Crippen molar-refractivity contribution in [3.63, 3.8) is 0 Å². The highest BCUT2D eigenvalue weighted by molar-refractivity contribution is 8.13. The summed E-state index contributed by atoms with van der Waals surface area (Å²) < 4.78 is 223. The largest absolute Gasteiger partial charge is 0.491 e. The lowest BCUT2D eigenvalue weighted by atomic mass is 10.3. The van der Waals surface area contributed by atoms with Crippen molar-refractivity contribution >= 4 is 25.7 Å². The lowest BCUT2D eigenvalue weighted by Crippen LogP contribution is -2.30. The Morgan fingerprint density at radius 2 is 0.600 bits per heavy atom. The topological polar surface area (TPSA) is 319 Å². The minimum absolute atomic E-state index is 0.0209. The minimum atomic E-state index is -6.72. The third kappa shape index (κ3) is 51.8. The smallest absolute Gasteiger partial charge is 0.480 e. The number of nitrogens with zero attached hydrogens (tertiary/aromatic N) is 4. The molecule has 0 atom stereocenters. The Hall–Kier alpha value is -3.69. The van der Waals surface area contributed by atoms with Gasteiger partial charge in [0, 0.05) is 12.1 Å². The molecule has 2 rings (SSSR count). The van der Waals surface area contributed by atoms with Gasteiger partial charge in [-0.1, -0.05) is 0 Å². The maximum Gasteiger partial charge on any atom is 0.480 e. The Bertz CT molecular complexity index is 2140. The van der Waals surface area contributed by atoms with Crippen molar-refractivity contribution in [1.29, 1.82) is 0 Å². The van der Waals surface area contributed by atoms with E-state index in [0.717, 1.165) is 10.7 Å². The number of rotatable bonds is 64. The molecule has 30 nitrogen and oxygen atoms in total. The third-order valence-electron chi connectivity index (χ3n) is 10.3. The van der Waals surface area contributed by atoms with Gasteiger partial charge in [-0.25, -0.2) is 26.0 Å². The number of hydrogen-bond acceptors (Lipinski definition) is 26. The van der Waals surface area contributed by atoms with Crippen molar-refractivity contribution in [3.05, 3.63) is 57.2 Å². The average Bonchev–Trinajstić information content (AvgIpc) is 0.972. The van der Waals surface area contributed by atoms with Gasteiger partial charge in [-0.2, -0.15) is 26.3 Å². The van der Waals surface area contributed by atoms with Crippen LogP contribution >= 0.6 is 0 Å². The van der Waals surface area contributed by atoms with Gasteiger partial charge in [0.05, 0.1) is 263 Å². The van der Waals surface area contributed by atoms with Gasteiger partial charge in [-0.05, 0) is 12.1 Å². The van der Waals surface area contributed by atoms with Crippen LogP contribution in [0, 0.1) is 10.1 Å². The molecule has 1 aromatic heterocycles. The summed E-state index contributed by atoms with van der Waals surface area (Å²) in [6.45, 7) is 19.7. The first-order valence-corrected chi connectivity index (χ1v) is 31.5. The van der Waals surface area contributed by atoms with Crippen LogP contribution in [0.2, 0.25) is 0 Å². The van der Waals surface area contributed by atoms with Crippen LogP contribution < -0.4 is 9.30 Å². The third-order valence-corrected chi connectivity index (χ3v) is 13.1. The van der Waals surface area contributed by atoms with Crippen molar-refractivity contribution in [2.75, 3.05) is 258 Å². The van der Waals surface area contributed by atoms with E-state index in [1.54, 1.807) is 12.1 Å². The summed E-state index contributed by atoms with van der Waals surface area (Å²) in [5, 5.41) is 10.7. The second-order valence-corrected chi connectivity index (χ2v) is 20.9. The monoisotopic (exact) mass is 1360 g/mol. The molecule has 90 heavy (non-hydrogen) atoms. The molecule has 0 N–H and O–H groups in total. The number of nitro benzene ring substituents is 1. The first kappa shape index (κ1) is 84.3. The van der Waals surface area contributed by atoms with E-state index in [4.69, 9.17) is 94.7 Å². The van der Waals surface area contributed by atoms with E-state index in [0.29, 0.717) is 263 Å². The molecule has 0 saturated heterocycles. The Labute approximate surface area is 521 Å². The van der Waals surface area contributed by atoms with Gasteiger partial charge in [0.15, 0.2) is 20.0 Å². The Morgan fingerprint density at radius 1 is 0.389 bits per heavy atom. The number of ether oxygens (including phenoxy) is 20. The first-order chi connectivity index (χ1) is 43.4. The Morgan fingerprint density at radius 3 is 0.789 bits per heavy atom. The van der Waals surface area contributed by atoms with E-state index < -0.39 is 36.0 Å². The molecular formula is C52H90F6N4O26S2. The number of non-ortho nitro benzene ring substituents is 1. The van der Waals surface area contributed by atoms with Crippen LogP contribution in [0.4, 0.5) is 32.0 Å². The standard InChI is InChI=1S/C50H90N3O22.C2F6NO4S2/c1-51-6-7-52(48-51)8-9-56-10-11-57-12-13-58-14-15-59-16-17-60-18-19-61-20-21-62-22-23-63-24-25-64-26-27-65-28-29-66-30-31-67-32-33-68-34-35-69-36-37-70-38-39-71-40-41-72-42-43-73-44-45-74-46-47-75-50-4-2-49(3-5-50)53(54)55;3-1(4,5)14(10,11)9-15(12,13)2(6,7)8/h2-7,48H,8-47H2,1H3;/q+1;-1. The number of aryl methyl sites for hydroxylation is 1. The molecule has 528 valence electrons.